The molecule has 0 aromatic heterocycles. The lowest BCUT2D eigenvalue weighted by atomic mass is 10.1. The molecule has 0 bridgehead atoms. The largest absolute Gasteiger partial charge is 0.497 e. The van der Waals surface area contributed by atoms with Crippen LogP contribution in [0.5, 0.6) is 11.5 Å². The molecule has 0 fully saturated rings. The van der Waals surface area contributed by atoms with Crippen LogP contribution in [0, 0.1) is 6.92 Å². The second kappa shape index (κ2) is 13.3. The molecule has 0 unspecified atom stereocenters. The highest BCUT2D eigenvalue weighted by Gasteiger charge is 2.33. The summed E-state index contributed by atoms with van der Waals surface area (Å²) in [4.78, 5) is 28.6. The van der Waals surface area contributed by atoms with E-state index >= 15 is 0 Å². The zero-order valence-electron chi connectivity index (χ0n) is 22.8. The van der Waals surface area contributed by atoms with E-state index in [2.05, 4.69) is 5.32 Å². The molecule has 2 aromatic rings. The molecule has 0 heterocycles. The molecule has 2 rings (SSSR count). The topological polar surface area (TPSA) is 105 Å². The molecule has 10 heteroatoms. The summed E-state index contributed by atoms with van der Waals surface area (Å²) in [5.74, 6) is -0.104. The number of hydrogen-bond acceptors (Lipinski definition) is 6. The Morgan fingerprint density at radius 2 is 1.70 bits per heavy atom. The summed E-state index contributed by atoms with van der Waals surface area (Å²) in [6, 6.07) is 11.5. The molecular weight excluding hydrogens is 494 g/mol. The average molecular weight is 534 g/mol. The van der Waals surface area contributed by atoms with E-state index in [-0.39, 0.29) is 29.9 Å². The lowest BCUT2D eigenvalue weighted by Gasteiger charge is -2.34. The highest BCUT2D eigenvalue weighted by molar-refractivity contribution is 7.92. The standard InChI is InChI=1S/C27H39N3O6S/c1-8-20(4)28-27(32)23(9-2)29(17-21-13-11-10-12-19(21)3)26(31)18-30(37(7,33)34)24-16-22(35-5)14-15-25(24)36-6/h10-16,20,23H,8-9,17-18H2,1-7H3,(H,28,32)/t20-,23+/m1/s1. The Labute approximate surface area is 220 Å². The third-order valence-electron chi connectivity index (χ3n) is 6.32. The fourth-order valence-electron chi connectivity index (χ4n) is 3.92. The molecule has 0 aliphatic rings. The van der Waals surface area contributed by atoms with E-state index in [1.54, 1.807) is 12.1 Å². The molecule has 204 valence electrons. The minimum atomic E-state index is -3.91. The van der Waals surface area contributed by atoms with Crippen molar-refractivity contribution < 1.29 is 27.5 Å². The molecule has 0 spiro atoms. The number of sulfonamides is 1. The minimum absolute atomic E-state index is 0.0643. The smallest absolute Gasteiger partial charge is 0.244 e. The fourth-order valence-corrected chi connectivity index (χ4v) is 4.76. The molecule has 0 saturated heterocycles. The summed E-state index contributed by atoms with van der Waals surface area (Å²) in [5, 5.41) is 2.96. The molecule has 0 saturated carbocycles. The zero-order valence-corrected chi connectivity index (χ0v) is 23.6. The molecule has 0 aliphatic heterocycles. The van der Waals surface area contributed by atoms with Crippen LogP contribution in [0.4, 0.5) is 5.69 Å². The van der Waals surface area contributed by atoms with Gasteiger partial charge in [-0.15, -0.1) is 0 Å². The van der Waals surface area contributed by atoms with Gasteiger partial charge in [-0.05, 0) is 49.9 Å². The first-order valence-electron chi connectivity index (χ1n) is 12.3. The third-order valence-corrected chi connectivity index (χ3v) is 7.45. The van der Waals surface area contributed by atoms with Crippen LogP contribution in [0.3, 0.4) is 0 Å². The molecule has 0 aliphatic carbocycles. The number of benzene rings is 2. The van der Waals surface area contributed by atoms with Crippen molar-refractivity contribution in [2.24, 2.45) is 0 Å². The van der Waals surface area contributed by atoms with Crippen molar-refractivity contribution in [1.29, 1.82) is 0 Å². The quantitative estimate of drug-likeness (QED) is 0.423. The van der Waals surface area contributed by atoms with E-state index in [4.69, 9.17) is 9.47 Å². The van der Waals surface area contributed by atoms with Gasteiger partial charge in [-0.1, -0.05) is 38.1 Å². The van der Waals surface area contributed by atoms with Gasteiger partial charge in [0.2, 0.25) is 21.8 Å². The van der Waals surface area contributed by atoms with Gasteiger partial charge in [0.1, 0.15) is 24.1 Å². The van der Waals surface area contributed by atoms with Gasteiger partial charge < -0.3 is 19.7 Å². The Hall–Kier alpha value is -3.27. The number of rotatable bonds is 13. The number of amides is 2. The maximum Gasteiger partial charge on any atom is 0.244 e. The van der Waals surface area contributed by atoms with E-state index in [0.29, 0.717) is 12.2 Å². The summed E-state index contributed by atoms with van der Waals surface area (Å²) in [5.41, 5.74) is 2.01. The number of ether oxygens (including phenoxy) is 2. The van der Waals surface area contributed by atoms with Crippen LogP contribution in [0.1, 0.15) is 44.7 Å². The summed E-state index contributed by atoms with van der Waals surface area (Å²) < 4.78 is 37.5. The van der Waals surface area contributed by atoms with Crippen LogP contribution in [0.25, 0.3) is 0 Å². The predicted octanol–water partition coefficient (Wildman–Crippen LogP) is 3.50. The van der Waals surface area contributed by atoms with Crippen LogP contribution in [-0.2, 0) is 26.2 Å². The number of methoxy groups -OCH3 is 2. The van der Waals surface area contributed by atoms with Crippen molar-refractivity contribution in [3.8, 4) is 11.5 Å². The van der Waals surface area contributed by atoms with E-state index in [0.717, 1.165) is 28.1 Å². The van der Waals surface area contributed by atoms with Crippen molar-refractivity contribution in [2.75, 3.05) is 31.3 Å². The number of carbonyl (C=O) groups excluding carboxylic acids is 2. The fraction of sp³-hybridized carbons (Fsp3) is 0.481. The van der Waals surface area contributed by atoms with Gasteiger partial charge in [-0.25, -0.2) is 8.42 Å². The summed E-state index contributed by atoms with van der Waals surface area (Å²) in [6.45, 7) is 7.28. The van der Waals surface area contributed by atoms with Gasteiger partial charge in [-0.2, -0.15) is 0 Å². The number of nitrogens with one attached hydrogen (secondary N) is 1. The van der Waals surface area contributed by atoms with Gasteiger partial charge in [0.25, 0.3) is 0 Å². The molecular formula is C27H39N3O6S. The predicted molar refractivity (Wildman–Crippen MR) is 145 cm³/mol. The van der Waals surface area contributed by atoms with Crippen LogP contribution < -0.4 is 19.1 Å². The number of hydrogen-bond donors (Lipinski definition) is 1. The Morgan fingerprint density at radius 1 is 1.03 bits per heavy atom. The maximum atomic E-state index is 13.9. The highest BCUT2D eigenvalue weighted by atomic mass is 32.2. The summed E-state index contributed by atoms with van der Waals surface area (Å²) in [7, 11) is -1.02. The molecule has 0 radical (unpaired) electrons. The molecule has 2 amide bonds. The van der Waals surface area contributed by atoms with Crippen LogP contribution in [0.15, 0.2) is 42.5 Å². The van der Waals surface area contributed by atoms with Crippen molar-refractivity contribution in [3.63, 3.8) is 0 Å². The molecule has 9 nitrogen and oxygen atoms in total. The number of nitrogens with zero attached hydrogens (tertiary/aromatic N) is 2. The monoisotopic (exact) mass is 533 g/mol. The minimum Gasteiger partial charge on any atom is -0.497 e. The van der Waals surface area contributed by atoms with Crippen LogP contribution in [-0.4, -0.2) is 64.2 Å². The lowest BCUT2D eigenvalue weighted by Crippen LogP contribution is -2.53. The van der Waals surface area contributed by atoms with Crippen molar-refractivity contribution in [3.05, 3.63) is 53.6 Å². The second-order valence-electron chi connectivity index (χ2n) is 9.00. The summed E-state index contributed by atoms with van der Waals surface area (Å²) in [6.07, 6.45) is 2.13. The van der Waals surface area contributed by atoms with Gasteiger partial charge in [0.15, 0.2) is 0 Å². The van der Waals surface area contributed by atoms with Crippen molar-refractivity contribution in [1.82, 2.24) is 10.2 Å². The SMILES string of the molecule is CC[C@@H](C)NC(=O)[C@H](CC)N(Cc1ccccc1C)C(=O)CN(c1cc(OC)ccc1OC)S(C)(=O)=O. The van der Waals surface area contributed by atoms with Crippen LogP contribution in [0.2, 0.25) is 0 Å². The van der Waals surface area contributed by atoms with Crippen molar-refractivity contribution in [2.45, 2.75) is 59.2 Å². The van der Waals surface area contributed by atoms with Gasteiger partial charge in [0, 0.05) is 18.7 Å². The van der Waals surface area contributed by atoms with Gasteiger partial charge in [0.05, 0.1) is 26.2 Å². The first kappa shape index (κ1) is 30.0. The zero-order chi connectivity index (χ0) is 27.8. The number of anilines is 1. The van der Waals surface area contributed by atoms with Gasteiger partial charge in [-0.3, -0.25) is 13.9 Å². The lowest BCUT2D eigenvalue weighted by molar-refractivity contribution is -0.140. The van der Waals surface area contributed by atoms with Gasteiger partial charge >= 0.3 is 0 Å². The maximum absolute atomic E-state index is 13.9. The van der Waals surface area contributed by atoms with E-state index in [1.165, 1.54) is 25.2 Å². The Morgan fingerprint density at radius 3 is 2.24 bits per heavy atom. The number of carbonyl (C=O) groups is 2. The molecule has 37 heavy (non-hydrogen) atoms. The van der Waals surface area contributed by atoms with Crippen molar-refractivity contribution >= 4 is 27.5 Å². The second-order valence-corrected chi connectivity index (χ2v) is 10.9. The third kappa shape index (κ3) is 7.85. The Bertz CT molecular complexity index is 1180. The molecule has 1 N–H and O–H groups in total. The van der Waals surface area contributed by atoms with E-state index in [9.17, 15) is 18.0 Å². The normalized spacial score (nSPS) is 12.8. The first-order chi connectivity index (χ1) is 17.5. The van der Waals surface area contributed by atoms with Crippen LogP contribution >= 0.6 is 0 Å². The highest BCUT2D eigenvalue weighted by Crippen LogP contribution is 2.34. The molecule has 2 aromatic carbocycles. The van der Waals surface area contributed by atoms with E-state index < -0.39 is 28.5 Å². The average Bonchev–Trinajstić information content (AvgIpc) is 2.86. The summed E-state index contributed by atoms with van der Waals surface area (Å²) >= 11 is 0. The number of aryl methyl sites for hydroxylation is 1. The molecule has 2 atom stereocenters. The Balaban J connectivity index is 2.54. The Kier molecular flexibility index (Phi) is 10.8. The van der Waals surface area contributed by atoms with E-state index in [1.807, 2.05) is 52.0 Å². The first-order valence-corrected chi connectivity index (χ1v) is 14.2.